The summed E-state index contributed by atoms with van der Waals surface area (Å²) in [6.45, 7) is 2.99. The molecule has 0 saturated heterocycles. The summed E-state index contributed by atoms with van der Waals surface area (Å²) in [7, 11) is 0. The molecule has 7 nitrogen and oxygen atoms in total. The summed E-state index contributed by atoms with van der Waals surface area (Å²) in [5, 5.41) is 2.85. The Hall–Kier alpha value is -4.13. The van der Waals surface area contributed by atoms with Gasteiger partial charge in [0.2, 0.25) is 5.91 Å². The molecule has 0 aliphatic carbocycles. The van der Waals surface area contributed by atoms with Crippen LogP contribution in [0.2, 0.25) is 0 Å². The summed E-state index contributed by atoms with van der Waals surface area (Å²) in [5.41, 5.74) is 5.05. The zero-order valence-electron chi connectivity index (χ0n) is 18.2. The van der Waals surface area contributed by atoms with Gasteiger partial charge in [0.15, 0.2) is 17.3 Å². The molecule has 0 spiro atoms. The van der Waals surface area contributed by atoms with Gasteiger partial charge in [-0.1, -0.05) is 18.2 Å². The molecule has 1 aliphatic rings. The fourth-order valence-corrected chi connectivity index (χ4v) is 3.83. The van der Waals surface area contributed by atoms with Crippen molar-refractivity contribution in [3.8, 4) is 22.8 Å². The summed E-state index contributed by atoms with van der Waals surface area (Å²) < 4.78 is 13.0. The molecule has 4 aromatic rings. The van der Waals surface area contributed by atoms with Crippen LogP contribution in [0.1, 0.15) is 28.8 Å². The number of amides is 1. The quantitative estimate of drug-likeness (QED) is 0.439. The number of carbonyl (C=O) groups is 2. The Morgan fingerprint density at radius 1 is 1.00 bits per heavy atom. The molecule has 0 unspecified atom stereocenters. The third-order valence-electron chi connectivity index (χ3n) is 5.59. The van der Waals surface area contributed by atoms with Crippen LogP contribution < -0.4 is 14.8 Å². The van der Waals surface area contributed by atoms with Gasteiger partial charge in [-0.15, -0.1) is 0 Å². The summed E-state index contributed by atoms with van der Waals surface area (Å²) >= 11 is 0. The zero-order valence-corrected chi connectivity index (χ0v) is 18.2. The van der Waals surface area contributed by atoms with Crippen molar-refractivity contribution in [3.63, 3.8) is 0 Å². The Morgan fingerprint density at radius 2 is 1.79 bits per heavy atom. The predicted octanol–water partition coefficient (Wildman–Crippen LogP) is 4.68. The summed E-state index contributed by atoms with van der Waals surface area (Å²) in [4.78, 5) is 29.6. The lowest BCUT2D eigenvalue weighted by Gasteiger charge is -2.18. The number of anilines is 1. The number of hydrogen-bond donors (Lipinski definition) is 1. The summed E-state index contributed by atoms with van der Waals surface area (Å²) in [6.07, 6.45) is 4.17. The van der Waals surface area contributed by atoms with Crippen molar-refractivity contribution in [2.75, 3.05) is 18.5 Å². The van der Waals surface area contributed by atoms with Crippen molar-refractivity contribution in [3.05, 3.63) is 78.1 Å². The number of benzene rings is 2. The van der Waals surface area contributed by atoms with Crippen LogP contribution in [0.15, 0.2) is 67.0 Å². The number of aromatic nitrogens is 2. The van der Waals surface area contributed by atoms with Gasteiger partial charge in [0.05, 0.1) is 5.69 Å². The molecule has 5 rings (SSSR count). The molecule has 0 radical (unpaired) electrons. The number of carbonyl (C=O) groups excluding carboxylic acids is 2. The highest BCUT2D eigenvalue weighted by atomic mass is 16.6. The van der Waals surface area contributed by atoms with Gasteiger partial charge in [0.25, 0.3) is 0 Å². The maximum absolute atomic E-state index is 12.5. The first-order valence-electron chi connectivity index (χ1n) is 10.8. The molecule has 3 heterocycles. The van der Waals surface area contributed by atoms with E-state index in [9.17, 15) is 9.59 Å². The monoisotopic (exact) mass is 441 g/mol. The second-order valence-corrected chi connectivity index (χ2v) is 7.96. The lowest BCUT2D eigenvalue weighted by atomic mass is 10.1. The van der Waals surface area contributed by atoms with Crippen LogP contribution in [-0.4, -0.2) is 34.3 Å². The lowest BCUT2D eigenvalue weighted by Crippen LogP contribution is -2.16. The Kier molecular flexibility index (Phi) is 5.52. The van der Waals surface area contributed by atoms with Crippen molar-refractivity contribution in [1.82, 2.24) is 9.38 Å². The molecular weight excluding hydrogens is 418 g/mol. The third-order valence-corrected chi connectivity index (χ3v) is 5.59. The Balaban J connectivity index is 1.18. The normalized spacial score (nSPS) is 12.5. The van der Waals surface area contributed by atoms with E-state index < -0.39 is 0 Å². The van der Waals surface area contributed by atoms with Gasteiger partial charge in [-0.3, -0.25) is 9.59 Å². The number of Topliss-reactive ketones (excluding diaryl/α,β-unsaturated/α-hetero) is 1. The van der Waals surface area contributed by atoms with Crippen molar-refractivity contribution < 1.29 is 19.1 Å². The van der Waals surface area contributed by atoms with Gasteiger partial charge in [-0.05, 0) is 48.9 Å². The van der Waals surface area contributed by atoms with Crippen LogP contribution in [0.5, 0.6) is 11.5 Å². The molecular formula is C26H23N3O4. The maximum atomic E-state index is 12.5. The molecule has 0 fully saturated rings. The van der Waals surface area contributed by atoms with E-state index in [4.69, 9.17) is 14.5 Å². The van der Waals surface area contributed by atoms with E-state index in [0.717, 1.165) is 22.5 Å². The van der Waals surface area contributed by atoms with E-state index in [1.54, 1.807) is 18.2 Å². The van der Waals surface area contributed by atoms with E-state index in [1.165, 1.54) is 0 Å². The van der Waals surface area contributed by atoms with E-state index in [-0.39, 0.29) is 24.5 Å². The Labute approximate surface area is 191 Å². The van der Waals surface area contributed by atoms with Crippen LogP contribution in [0.25, 0.3) is 16.9 Å². The summed E-state index contributed by atoms with van der Waals surface area (Å²) in [5.74, 6) is 0.881. The van der Waals surface area contributed by atoms with Gasteiger partial charge < -0.3 is 19.2 Å². The maximum Gasteiger partial charge on any atom is 0.224 e. The van der Waals surface area contributed by atoms with Gasteiger partial charge >= 0.3 is 0 Å². The Morgan fingerprint density at radius 3 is 2.58 bits per heavy atom. The van der Waals surface area contributed by atoms with Crippen LogP contribution in [0.3, 0.4) is 0 Å². The van der Waals surface area contributed by atoms with E-state index in [1.807, 2.05) is 60.1 Å². The third kappa shape index (κ3) is 4.43. The number of nitrogens with one attached hydrogen (secondary N) is 1. The van der Waals surface area contributed by atoms with Crippen LogP contribution in [-0.2, 0) is 4.79 Å². The number of hydrogen-bond acceptors (Lipinski definition) is 5. The molecule has 2 aromatic heterocycles. The van der Waals surface area contributed by atoms with Gasteiger partial charge in [-0.25, -0.2) is 4.98 Å². The minimum atomic E-state index is -0.211. The first-order chi connectivity index (χ1) is 16.1. The average Bonchev–Trinajstić information content (AvgIpc) is 3.28. The van der Waals surface area contributed by atoms with E-state index in [2.05, 4.69) is 5.32 Å². The number of imidazole rings is 1. The number of rotatable bonds is 6. The molecule has 1 amide bonds. The smallest absolute Gasteiger partial charge is 0.224 e. The zero-order chi connectivity index (χ0) is 22.8. The first kappa shape index (κ1) is 20.8. The molecule has 0 atom stereocenters. The molecule has 2 aromatic carbocycles. The van der Waals surface area contributed by atoms with Crippen molar-refractivity contribution >= 4 is 23.0 Å². The second-order valence-electron chi connectivity index (χ2n) is 7.96. The highest BCUT2D eigenvalue weighted by Crippen LogP contribution is 2.31. The summed E-state index contributed by atoms with van der Waals surface area (Å²) in [6, 6.07) is 16.7. The van der Waals surface area contributed by atoms with Crippen molar-refractivity contribution in [1.29, 1.82) is 0 Å². The van der Waals surface area contributed by atoms with Gasteiger partial charge in [-0.2, -0.15) is 0 Å². The SMILES string of the molecule is Cc1cccn2cc(-c3ccc(NC(=O)CCC(=O)c4ccc5c(c4)OCCO5)cc3)nc12. The van der Waals surface area contributed by atoms with Gasteiger partial charge in [0.1, 0.15) is 18.9 Å². The van der Waals surface area contributed by atoms with E-state index in [0.29, 0.717) is 36.0 Å². The minimum absolute atomic E-state index is 0.0980. The van der Waals surface area contributed by atoms with E-state index >= 15 is 0 Å². The molecule has 1 aliphatic heterocycles. The molecule has 7 heteroatoms. The highest BCUT2D eigenvalue weighted by Gasteiger charge is 2.16. The molecule has 1 N–H and O–H groups in total. The molecule has 0 bridgehead atoms. The van der Waals surface area contributed by atoms with Crippen molar-refractivity contribution in [2.45, 2.75) is 19.8 Å². The lowest BCUT2D eigenvalue weighted by molar-refractivity contribution is -0.116. The topological polar surface area (TPSA) is 81.9 Å². The Bertz CT molecular complexity index is 1340. The number of nitrogens with zero attached hydrogens (tertiary/aromatic N) is 2. The molecule has 166 valence electrons. The van der Waals surface area contributed by atoms with Crippen LogP contribution >= 0.6 is 0 Å². The number of ether oxygens (including phenoxy) is 2. The fourth-order valence-electron chi connectivity index (χ4n) is 3.83. The minimum Gasteiger partial charge on any atom is -0.486 e. The van der Waals surface area contributed by atoms with Gasteiger partial charge in [0, 0.05) is 42.0 Å². The highest BCUT2D eigenvalue weighted by molar-refractivity contribution is 6.00. The number of pyridine rings is 1. The predicted molar refractivity (Wildman–Crippen MR) is 125 cm³/mol. The number of fused-ring (bicyclic) bond motifs is 2. The number of aryl methyl sites for hydroxylation is 1. The molecule has 0 saturated carbocycles. The van der Waals surface area contributed by atoms with Crippen LogP contribution in [0, 0.1) is 6.92 Å². The largest absolute Gasteiger partial charge is 0.486 e. The molecule has 33 heavy (non-hydrogen) atoms. The standard InChI is InChI=1S/C26H23N3O4/c1-17-3-2-12-29-16-21(28-26(17)29)18-4-7-20(8-5-18)27-25(31)11-9-22(30)19-6-10-23-24(15-19)33-14-13-32-23/h2-8,10,12,15-16H,9,11,13-14H2,1H3,(H,27,31). The van der Waals surface area contributed by atoms with Crippen LogP contribution in [0.4, 0.5) is 5.69 Å². The fraction of sp³-hybridized carbons (Fsp3) is 0.192. The second kappa shape index (κ2) is 8.78. The van der Waals surface area contributed by atoms with Crippen molar-refractivity contribution in [2.24, 2.45) is 0 Å². The average molecular weight is 441 g/mol. The first-order valence-corrected chi connectivity index (χ1v) is 10.8. The number of ketones is 1.